The number of rotatable bonds is 2. The highest BCUT2D eigenvalue weighted by Crippen LogP contribution is 1.83. The summed E-state index contributed by atoms with van der Waals surface area (Å²) in [5, 5.41) is 1.18. The quantitative estimate of drug-likeness (QED) is 0.573. The zero-order chi connectivity index (χ0) is 7.40. The molecule has 2 heteroatoms. The molecule has 0 bridgehead atoms. The summed E-state index contributed by atoms with van der Waals surface area (Å²) >= 11 is 0. The molecule has 1 heterocycles. The minimum absolute atomic E-state index is 0.554. The van der Waals surface area contributed by atoms with E-state index in [0.29, 0.717) is 0 Å². The van der Waals surface area contributed by atoms with Crippen molar-refractivity contribution in [2.45, 2.75) is 6.55 Å². The van der Waals surface area contributed by atoms with Gasteiger partial charge in [-0.05, 0) is 12.1 Å². The van der Waals surface area contributed by atoms with Crippen LogP contribution >= 0.6 is 0 Å². The fourth-order valence-corrected chi connectivity index (χ4v) is 1.55. The average molecular weight is 148 g/mol. The van der Waals surface area contributed by atoms with Gasteiger partial charge in [0.1, 0.15) is 8.80 Å². The van der Waals surface area contributed by atoms with Gasteiger partial charge in [-0.1, -0.05) is 18.3 Å². The Hall–Kier alpha value is -0.893. The number of pyridine rings is 1. The summed E-state index contributed by atoms with van der Waals surface area (Å²) in [6.45, 7) is 5.92. The van der Waals surface area contributed by atoms with E-state index in [4.69, 9.17) is 0 Å². The molecule has 1 rings (SSSR count). The van der Waals surface area contributed by atoms with Gasteiger partial charge in [0.15, 0.2) is 0 Å². The summed E-state index contributed by atoms with van der Waals surface area (Å²) < 4.78 is 0. The first-order valence-electron chi connectivity index (χ1n) is 3.22. The van der Waals surface area contributed by atoms with Crippen LogP contribution in [0.4, 0.5) is 0 Å². The van der Waals surface area contributed by atoms with Crippen molar-refractivity contribution in [3.05, 3.63) is 36.7 Å². The minimum Gasteiger partial charge on any atom is -0.266 e. The van der Waals surface area contributed by atoms with Gasteiger partial charge in [-0.15, -0.1) is 6.58 Å². The molecule has 0 aliphatic carbocycles. The molecule has 0 spiro atoms. The summed E-state index contributed by atoms with van der Waals surface area (Å²) in [4.78, 5) is 4.22. The van der Waals surface area contributed by atoms with Gasteiger partial charge in [0.2, 0.25) is 0 Å². The highest BCUT2D eigenvalue weighted by Gasteiger charge is 2.01. The van der Waals surface area contributed by atoms with Crippen molar-refractivity contribution in [1.29, 1.82) is 0 Å². The number of hydrogen-bond donors (Lipinski definition) is 0. The predicted octanol–water partition coefficient (Wildman–Crippen LogP) is 1.14. The van der Waals surface area contributed by atoms with Gasteiger partial charge in [-0.25, -0.2) is 0 Å². The molecule has 0 saturated heterocycles. The van der Waals surface area contributed by atoms with E-state index in [0.717, 1.165) is 0 Å². The molecular weight excluding hydrogens is 138 g/mol. The molecule has 0 aromatic carbocycles. The first-order valence-corrected chi connectivity index (χ1v) is 5.29. The molecule has 0 unspecified atom stereocenters. The van der Waals surface area contributed by atoms with E-state index in [1.54, 1.807) is 0 Å². The fourth-order valence-electron chi connectivity index (χ4n) is 0.701. The van der Waals surface area contributed by atoms with Crippen LogP contribution in [0.15, 0.2) is 36.7 Å². The third-order valence-electron chi connectivity index (χ3n) is 1.38. The van der Waals surface area contributed by atoms with Crippen LogP contribution in [0.5, 0.6) is 0 Å². The SMILES string of the molecule is C=C[Si](C)c1ccccn1. The lowest BCUT2D eigenvalue weighted by atomic mass is 10.5. The smallest absolute Gasteiger partial charge is 0.133 e. The van der Waals surface area contributed by atoms with Crippen LogP contribution in [-0.4, -0.2) is 13.8 Å². The first-order chi connectivity index (χ1) is 4.84. The Balaban J connectivity index is 2.84. The molecular formula is C8H10NSi. The van der Waals surface area contributed by atoms with Crippen LogP contribution in [0.1, 0.15) is 0 Å². The van der Waals surface area contributed by atoms with Crippen molar-refractivity contribution in [3.63, 3.8) is 0 Å². The van der Waals surface area contributed by atoms with Crippen LogP contribution in [0.3, 0.4) is 0 Å². The molecule has 0 aliphatic rings. The molecule has 1 nitrogen and oxygen atoms in total. The second kappa shape index (κ2) is 3.32. The first kappa shape index (κ1) is 7.22. The van der Waals surface area contributed by atoms with Crippen LogP contribution in [0.25, 0.3) is 0 Å². The van der Waals surface area contributed by atoms with E-state index in [-0.39, 0.29) is 0 Å². The Kier molecular flexibility index (Phi) is 2.40. The minimum atomic E-state index is -0.554. The third kappa shape index (κ3) is 1.54. The summed E-state index contributed by atoms with van der Waals surface area (Å²) in [6, 6.07) is 6.00. The normalized spacial score (nSPS) is 9.80. The maximum atomic E-state index is 4.22. The Morgan fingerprint density at radius 2 is 2.40 bits per heavy atom. The van der Waals surface area contributed by atoms with E-state index < -0.39 is 8.80 Å². The van der Waals surface area contributed by atoms with Gasteiger partial charge >= 0.3 is 0 Å². The van der Waals surface area contributed by atoms with E-state index in [1.807, 2.05) is 24.0 Å². The molecule has 1 aromatic rings. The molecule has 0 fully saturated rings. The second-order valence-corrected chi connectivity index (χ2v) is 4.39. The molecule has 0 amide bonds. The van der Waals surface area contributed by atoms with Crippen molar-refractivity contribution >= 4 is 14.1 Å². The van der Waals surface area contributed by atoms with Crippen molar-refractivity contribution in [2.24, 2.45) is 0 Å². The highest BCUT2D eigenvalue weighted by atomic mass is 28.3. The lowest BCUT2D eigenvalue weighted by Gasteiger charge is -1.99. The monoisotopic (exact) mass is 148 g/mol. The lowest BCUT2D eigenvalue weighted by Crippen LogP contribution is -2.26. The van der Waals surface area contributed by atoms with Crippen molar-refractivity contribution in [1.82, 2.24) is 4.98 Å². The van der Waals surface area contributed by atoms with Gasteiger partial charge in [-0.2, -0.15) is 0 Å². The second-order valence-electron chi connectivity index (χ2n) is 2.10. The van der Waals surface area contributed by atoms with Gasteiger partial charge < -0.3 is 0 Å². The van der Waals surface area contributed by atoms with E-state index in [1.165, 1.54) is 5.32 Å². The Morgan fingerprint density at radius 1 is 1.60 bits per heavy atom. The van der Waals surface area contributed by atoms with Gasteiger partial charge in [0, 0.05) is 11.5 Å². The van der Waals surface area contributed by atoms with Gasteiger partial charge in [-0.3, -0.25) is 4.98 Å². The molecule has 0 atom stereocenters. The van der Waals surface area contributed by atoms with E-state index >= 15 is 0 Å². The molecule has 1 radical (unpaired) electrons. The zero-order valence-corrected chi connectivity index (χ0v) is 7.04. The zero-order valence-electron chi connectivity index (χ0n) is 6.04. The highest BCUT2D eigenvalue weighted by molar-refractivity contribution is 6.75. The Morgan fingerprint density at radius 3 is 2.90 bits per heavy atom. The summed E-state index contributed by atoms with van der Waals surface area (Å²) in [6.07, 6.45) is 1.83. The summed E-state index contributed by atoms with van der Waals surface area (Å²) in [7, 11) is -0.554. The lowest BCUT2D eigenvalue weighted by molar-refractivity contribution is 1.38. The van der Waals surface area contributed by atoms with E-state index in [9.17, 15) is 0 Å². The maximum absolute atomic E-state index is 4.22. The number of nitrogens with zero attached hydrogens (tertiary/aromatic N) is 1. The van der Waals surface area contributed by atoms with Crippen molar-refractivity contribution in [2.75, 3.05) is 0 Å². The number of aromatic nitrogens is 1. The largest absolute Gasteiger partial charge is 0.266 e. The standard InChI is InChI=1S/C8H10NSi/c1-3-10(2)8-6-4-5-7-9-8/h3-7H,1H2,2H3. The van der Waals surface area contributed by atoms with Crippen LogP contribution in [0, 0.1) is 0 Å². The number of hydrogen-bond acceptors (Lipinski definition) is 1. The summed E-state index contributed by atoms with van der Waals surface area (Å²) in [5.74, 6) is 0. The molecule has 0 saturated carbocycles. The molecule has 1 aromatic heterocycles. The molecule has 0 N–H and O–H groups in total. The average Bonchev–Trinajstić information content (AvgIpc) is 2.05. The van der Waals surface area contributed by atoms with Gasteiger partial charge in [0.05, 0.1) is 0 Å². The predicted molar refractivity (Wildman–Crippen MR) is 45.7 cm³/mol. The topological polar surface area (TPSA) is 12.9 Å². The van der Waals surface area contributed by atoms with Crippen molar-refractivity contribution in [3.8, 4) is 0 Å². The van der Waals surface area contributed by atoms with Gasteiger partial charge in [0.25, 0.3) is 0 Å². The molecule has 10 heavy (non-hydrogen) atoms. The van der Waals surface area contributed by atoms with Crippen LogP contribution < -0.4 is 5.32 Å². The third-order valence-corrected chi connectivity index (χ3v) is 3.09. The van der Waals surface area contributed by atoms with Crippen LogP contribution in [-0.2, 0) is 0 Å². The molecule has 0 aliphatic heterocycles. The fraction of sp³-hybridized carbons (Fsp3) is 0.125. The Labute approximate surface area is 63.0 Å². The summed E-state index contributed by atoms with van der Waals surface area (Å²) in [5.41, 5.74) is 1.99. The van der Waals surface area contributed by atoms with Crippen molar-refractivity contribution < 1.29 is 0 Å². The molecule has 51 valence electrons. The van der Waals surface area contributed by atoms with Crippen LogP contribution in [0.2, 0.25) is 6.55 Å². The Bertz CT molecular complexity index is 208. The van der Waals surface area contributed by atoms with E-state index in [2.05, 4.69) is 24.2 Å². The maximum Gasteiger partial charge on any atom is 0.133 e.